The smallest absolute Gasteiger partial charge is 0.116 e. The lowest BCUT2D eigenvalue weighted by molar-refractivity contribution is 0.867. The number of benzene rings is 4. The van der Waals surface area contributed by atoms with Crippen LogP contribution in [0.15, 0.2) is 73.1 Å². The van der Waals surface area contributed by atoms with Crippen LogP contribution in [0.5, 0.6) is 0 Å². The fraction of sp³-hybridized carbons (Fsp3) is 0.154. The summed E-state index contributed by atoms with van der Waals surface area (Å²) in [4.78, 5) is 9.34. The molecule has 0 saturated carbocycles. The average Bonchev–Trinajstić information content (AvgIpc) is 2.73. The van der Waals surface area contributed by atoms with Gasteiger partial charge in [-0.2, -0.15) is 0 Å². The van der Waals surface area contributed by atoms with Gasteiger partial charge >= 0.3 is 0 Å². The van der Waals surface area contributed by atoms with Gasteiger partial charge in [0.2, 0.25) is 0 Å². The molecule has 0 aliphatic heterocycles. The molecule has 4 aromatic carbocycles. The maximum Gasteiger partial charge on any atom is 0.116 e. The van der Waals surface area contributed by atoms with Gasteiger partial charge in [0.25, 0.3) is 0 Å². The third kappa shape index (κ3) is 2.56. The van der Waals surface area contributed by atoms with Crippen LogP contribution in [0.4, 0.5) is 0 Å². The minimum Gasteiger partial charge on any atom is -0.236 e. The molecule has 1 heterocycles. The first kappa shape index (κ1) is 16.9. The number of hydrogen-bond acceptors (Lipinski definition) is 2. The van der Waals surface area contributed by atoms with Gasteiger partial charge in [0, 0.05) is 16.3 Å². The van der Waals surface area contributed by atoms with E-state index < -0.39 is 0 Å². The van der Waals surface area contributed by atoms with E-state index in [9.17, 15) is 0 Å². The van der Waals surface area contributed by atoms with Crippen molar-refractivity contribution >= 4 is 32.4 Å². The monoisotopic (exact) mass is 362 g/mol. The lowest BCUT2D eigenvalue weighted by Gasteiger charge is -2.12. The Hall–Kier alpha value is -3.26. The second-order valence-corrected chi connectivity index (χ2v) is 7.78. The fourth-order valence-corrected chi connectivity index (χ4v) is 4.18. The second kappa shape index (κ2) is 6.42. The van der Waals surface area contributed by atoms with Crippen molar-refractivity contribution in [1.82, 2.24) is 9.97 Å². The van der Waals surface area contributed by atoms with Crippen molar-refractivity contribution in [3.8, 4) is 11.3 Å². The van der Waals surface area contributed by atoms with Crippen LogP contribution < -0.4 is 0 Å². The summed E-state index contributed by atoms with van der Waals surface area (Å²) in [5, 5.41) is 6.10. The summed E-state index contributed by atoms with van der Waals surface area (Å²) in [7, 11) is 0. The SMILES string of the molecule is Cc1c2ccccc2cc2ccc3c(-c4ccc(C(C)C)cc4)ncnc3c12. The molecule has 0 amide bonds. The van der Waals surface area contributed by atoms with E-state index in [0.717, 1.165) is 22.2 Å². The molecule has 28 heavy (non-hydrogen) atoms. The van der Waals surface area contributed by atoms with Gasteiger partial charge in [-0.3, -0.25) is 0 Å². The van der Waals surface area contributed by atoms with Crippen molar-refractivity contribution in [3.05, 3.63) is 84.2 Å². The molecular formula is C26H22N2. The minimum absolute atomic E-state index is 0.524. The lowest BCUT2D eigenvalue weighted by Crippen LogP contribution is -1.93. The predicted octanol–water partition coefficient (Wildman–Crippen LogP) is 7.04. The molecule has 136 valence electrons. The molecule has 0 aliphatic carbocycles. The topological polar surface area (TPSA) is 25.8 Å². The molecule has 0 unspecified atom stereocenters. The summed E-state index contributed by atoms with van der Waals surface area (Å²) in [6, 6.07) is 23.9. The Morgan fingerprint density at radius 3 is 2.32 bits per heavy atom. The summed E-state index contributed by atoms with van der Waals surface area (Å²) >= 11 is 0. The Labute approximate surface area is 164 Å². The normalized spacial score (nSPS) is 11.7. The molecule has 1 aromatic heterocycles. The lowest BCUT2D eigenvalue weighted by atomic mass is 9.94. The van der Waals surface area contributed by atoms with Gasteiger partial charge < -0.3 is 0 Å². The van der Waals surface area contributed by atoms with E-state index in [1.807, 2.05) is 0 Å². The van der Waals surface area contributed by atoms with Crippen molar-refractivity contribution in [3.63, 3.8) is 0 Å². The number of rotatable bonds is 2. The van der Waals surface area contributed by atoms with Crippen molar-refractivity contribution in [1.29, 1.82) is 0 Å². The van der Waals surface area contributed by atoms with Crippen LogP contribution in [0.2, 0.25) is 0 Å². The number of aryl methyl sites for hydroxylation is 1. The average molecular weight is 362 g/mol. The van der Waals surface area contributed by atoms with Crippen molar-refractivity contribution < 1.29 is 0 Å². The van der Waals surface area contributed by atoms with Gasteiger partial charge in [-0.05, 0) is 52.3 Å². The summed E-state index contributed by atoms with van der Waals surface area (Å²) in [6.07, 6.45) is 1.70. The van der Waals surface area contributed by atoms with Crippen LogP contribution in [-0.4, -0.2) is 9.97 Å². The molecule has 2 heteroatoms. The van der Waals surface area contributed by atoms with E-state index in [0.29, 0.717) is 5.92 Å². The molecular weight excluding hydrogens is 340 g/mol. The maximum absolute atomic E-state index is 4.70. The first-order valence-corrected chi connectivity index (χ1v) is 9.79. The Bertz CT molecular complexity index is 1330. The van der Waals surface area contributed by atoms with Gasteiger partial charge in [-0.1, -0.05) is 68.4 Å². The van der Waals surface area contributed by atoms with Gasteiger partial charge in [-0.25, -0.2) is 9.97 Å². The largest absolute Gasteiger partial charge is 0.236 e. The van der Waals surface area contributed by atoms with Crippen LogP contribution in [0, 0.1) is 6.92 Å². The van der Waals surface area contributed by atoms with Crippen LogP contribution in [0.3, 0.4) is 0 Å². The zero-order valence-corrected chi connectivity index (χ0v) is 16.4. The molecule has 5 rings (SSSR count). The molecule has 0 N–H and O–H groups in total. The van der Waals surface area contributed by atoms with Crippen LogP contribution in [-0.2, 0) is 0 Å². The minimum atomic E-state index is 0.524. The molecule has 2 nitrogen and oxygen atoms in total. The maximum atomic E-state index is 4.70. The van der Waals surface area contributed by atoms with Crippen molar-refractivity contribution in [2.75, 3.05) is 0 Å². The van der Waals surface area contributed by atoms with E-state index in [2.05, 4.69) is 92.5 Å². The highest BCUT2D eigenvalue weighted by molar-refractivity contribution is 6.15. The van der Waals surface area contributed by atoms with Gasteiger partial charge in [0.1, 0.15) is 6.33 Å². The number of aromatic nitrogens is 2. The van der Waals surface area contributed by atoms with E-state index >= 15 is 0 Å². The number of hydrogen-bond donors (Lipinski definition) is 0. The highest BCUT2D eigenvalue weighted by Crippen LogP contribution is 2.35. The zero-order valence-electron chi connectivity index (χ0n) is 16.4. The zero-order chi connectivity index (χ0) is 19.3. The van der Waals surface area contributed by atoms with E-state index in [1.165, 1.54) is 32.7 Å². The van der Waals surface area contributed by atoms with E-state index in [-0.39, 0.29) is 0 Å². The Kier molecular flexibility index (Phi) is 3.87. The Balaban J connectivity index is 1.81. The summed E-state index contributed by atoms with van der Waals surface area (Å²) in [5.74, 6) is 0.524. The number of fused-ring (bicyclic) bond motifs is 4. The summed E-state index contributed by atoms with van der Waals surface area (Å²) < 4.78 is 0. The van der Waals surface area contributed by atoms with Crippen LogP contribution in [0.25, 0.3) is 43.7 Å². The molecule has 0 aliphatic rings. The molecule has 0 bridgehead atoms. The highest BCUT2D eigenvalue weighted by Gasteiger charge is 2.13. The summed E-state index contributed by atoms with van der Waals surface area (Å²) in [5.41, 5.74) is 5.77. The van der Waals surface area contributed by atoms with Gasteiger partial charge in [-0.15, -0.1) is 0 Å². The highest BCUT2D eigenvalue weighted by atomic mass is 14.8. The van der Waals surface area contributed by atoms with E-state index in [4.69, 9.17) is 4.98 Å². The van der Waals surface area contributed by atoms with Crippen LogP contribution >= 0.6 is 0 Å². The predicted molar refractivity (Wildman–Crippen MR) is 119 cm³/mol. The Morgan fingerprint density at radius 1 is 0.750 bits per heavy atom. The standard InChI is InChI=1S/C26H22N2/c1-16(2)18-8-10-19(11-9-18)25-23-13-12-21-14-20-6-4-5-7-22(20)17(3)24(21)26(23)28-15-27-25/h4-16H,1-3H3. The molecule has 0 spiro atoms. The molecule has 0 atom stereocenters. The van der Waals surface area contributed by atoms with Crippen molar-refractivity contribution in [2.24, 2.45) is 0 Å². The quantitative estimate of drug-likeness (QED) is 0.249. The van der Waals surface area contributed by atoms with E-state index in [1.54, 1.807) is 6.33 Å². The van der Waals surface area contributed by atoms with Gasteiger partial charge in [0.15, 0.2) is 0 Å². The summed E-state index contributed by atoms with van der Waals surface area (Å²) in [6.45, 7) is 6.63. The van der Waals surface area contributed by atoms with Crippen LogP contribution in [0.1, 0.15) is 30.9 Å². The first-order valence-electron chi connectivity index (χ1n) is 9.79. The molecule has 0 saturated heterocycles. The van der Waals surface area contributed by atoms with Crippen molar-refractivity contribution in [2.45, 2.75) is 26.7 Å². The molecule has 0 fully saturated rings. The third-order valence-electron chi connectivity index (χ3n) is 5.74. The van der Waals surface area contributed by atoms with Gasteiger partial charge in [0.05, 0.1) is 11.2 Å². The third-order valence-corrected chi connectivity index (χ3v) is 5.74. The fourth-order valence-electron chi connectivity index (χ4n) is 4.18. The molecule has 0 radical (unpaired) electrons. The molecule has 5 aromatic rings. The first-order chi connectivity index (χ1) is 13.6. The number of nitrogens with zero attached hydrogens (tertiary/aromatic N) is 2. The second-order valence-electron chi connectivity index (χ2n) is 7.78. The Morgan fingerprint density at radius 2 is 1.54 bits per heavy atom.